The van der Waals surface area contributed by atoms with Crippen LogP contribution >= 0.6 is 0 Å². The number of cyclic esters (lactones) is 1. The second kappa shape index (κ2) is 7.92. The molecule has 5 heteroatoms. The van der Waals surface area contributed by atoms with Gasteiger partial charge in [0.2, 0.25) is 5.91 Å². The van der Waals surface area contributed by atoms with E-state index < -0.39 is 0 Å². The summed E-state index contributed by atoms with van der Waals surface area (Å²) in [6.07, 6.45) is 5.49. The van der Waals surface area contributed by atoms with Crippen molar-refractivity contribution in [1.29, 1.82) is 0 Å². The predicted molar refractivity (Wildman–Crippen MR) is 64.7 cm³/mol. The Morgan fingerprint density at radius 2 is 2.12 bits per heavy atom. The molecule has 0 radical (unpaired) electrons. The van der Waals surface area contributed by atoms with E-state index in [-0.39, 0.29) is 18.5 Å². The van der Waals surface area contributed by atoms with Gasteiger partial charge in [-0.3, -0.25) is 9.69 Å². The van der Waals surface area contributed by atoms with E-state index >= 15 is 0 Å². The number of hydrogen-bond acceptors (Lipinski definition) is 3. The van der Waals surface area contributed by atoms with Crippen LogP contribution in [0.25, 0.3) is 0 Å². The lowest BCUT2D eigenvalue weighted by Gasteiger charge is -2.12. The molecule has 17 heavy (non-hydrogen) atoms. The molecule has 1 fully saturated rings. The molecule has 0 aromatic carbocycles. The Hall–Kier alpha value is -1.26. The average Bonchev–Trinajstić information content (AvgIpc) is 2.69. The Kier molecular flexibility index (Phi) is 6.43. The zero-order valence-electron chi connectivity index (χ0n) is 10.5. The van der Waals surface area contributed by atoms with Crippen molar-refractivity contribution >= 4 is 12.0 Å². The van der Waals surface area contributed by atoms with Crippen molar-refractivity contribution in [3.63, 3.8) is 0 Å². The van der Waals surface area contributed by atoms with Gasteiger partial charge in [0.15, 0.2) is 0 Å². The number of hydrogen-bond donors (Lipinski definition) is 1. The molecule has 5 nitrogen and oxygen atoms in total. The van der Waals surface area contributed by atoms with Crippen LogP contribution in [0.15, 0.2) is 0 Å². The van der Waals surface area contributed by atoms with Crippen LogP contribution in [0.5, 0.6) is 0 Å². The molecule has 0 atom stereocenters. The molecule has 0 aromatic heterocycles. The van der Waals surface area contributed by atoms with E-state index in [2.05, 4.69) is 12.2 Å². The predicted octanol–water partition coefficient (Wildman–Crippen LogP) is 1.53. The van der Waals surface area contributed by atoms with Crippen LogP contribution in [0.3, 0.4) is 0 Å². The minimum atomic E-state index is -0.386. The summed E-state index contributed by atoms with van der Waals surface area (Å²) in [4.78, 5) is 24.0. The summed E-state index contributed by atoms with van der Waals surface area (Å²) in [6.45, 7) is 3.90. The van der Waals surface area contributed by atoms with Gasteiger partial charge in [-0.1, -0.05) is 32.6 Å². The third-order valence-electron chi connectivity index (χ3n) is 2.78. The molecular weight excluding hydrogens is 220 g/mol. The minimum absolute atomic E-state index is 0.0978. The molecule has 0 spiro atoms. The first kappa shape index (κ1) is 13.8. The van der Waals surface area contributed by atoms with Crippen molar-refractivity contribution in [3.05, 3.63) is 0 Å². The highest BCUT2D eigenvalue weighted by Gasteiger charge is 2.23. The largest absolute Gasteiger partial charge is 0.448 e. The smallest absolute Gasteiger partial charge is 0.410 e. The first-order valence-electron chi connectivity index (χ1n) is 6.42. The quantitative estimate of drug-likeness (QED) is 0.657. The van der Waals surface area contributed by atoms with E-state index in [0.717, 1.165) is 12.8 Å². The van der Waals surface area contributed by atoms with Crippen molar-refractivity contribution in [3.8, 4) is 0 Å². The van der Waals surface area contributed by atoms with E-state index in [1.165, 1.54) is 24.2 Å². The number of nitrogens with one attached hydrogen (secondary N) is 1. The van der Waals surface area contributed by atoms with E-state index in [0.29, 0.717) is 19.7 Å². The number of rotatable bonds is 8. The van der Waals surface area contributed by atoms with Crippen LogP contribution in [-0.2, 0) is 9.53 Å². The van der Waals surface area contributed by atoms with E-state index in [4.69, 9.17) is 4.74 Å². The van der Waals surface area contributed by atoms with Crippen LogP contribution in [0.2, 0.25) is 0 Å². The summed E-state index contributed by atoms with van der Waals surface area (Å²) < 4.78 is 4.74. The summed E-state index contributed by atoms with van der Waals surface area (Å²) in [5.41, 5.74) is 0. The fraction of sp³-hybridized carbons (Fsp3) is 0.833. The Labute approximate surface area is 102 Å². The van der Waals surface area contributed by atoms with Crippen molar-refractivity contribution in [2.24, 2.45) is 0 Å². The highest BCUT2D eigenvalue weighted by Crippen LogP contribution is 2.03. The number of unbranched alkanes of at least 4 members (excludes halogenated alkanes) is 4. The van der Waals surface area contributed by atoms with Gasteiger partial charge >= 0.3 is 6.09 Å². The molecule has 1 rings (SSSR count). The van der Waals surface area contributed by atoms with E-state index in [1.54, 1.807) is 0 Å². The Morgan fingerprint density at radius 1 is 1.35 bits per heavy atom. The van der Waals surface area contributed by atoms with Crippen molar-refractivity contribution < 1.29 is 14.3 Å². The lowest BCUT2D eigenvalue weighted by atomic mass is 10.1. The molecule has 2 amide bonds. The van der Waals surface area contributed by atoms with Crippen LogP contribution in [0.4, 0.5) is 4.79 Å². The minimum Gasteiger partial charge on any atom is -0.448 e. The molecule has 0 bridgehead atoms. The summed E-state index contributed by atoms with van der Waals surface area (Å²) in [6, 6.07) is 0. The highest BCUT2D eigenvalue weighted by molar-refractivity contribution is 5.82. The monoisotopic (exact) mass is 242 g/mol. The lowest BCUT2D eigenvalue weighted by molar-refractivity contribution is -0.121. The van der Waals surface area contributed by atoms with Gasteiger partial charge in [-0.05, 0) is 6.42 Å². The number of carbonyl (C=O) groups is 2. The maximum Gasteiger partial charge on any atom is 0.410 e. The summed E-state index contributed by atoms with van der Waals surface area (Å²) in [5.74, 6) is -0.0978. The lowest BCUT2D eigenvalue weighted by Crippen LogP contribution is -2.38. The van der Waals surface area contributed by atoms with Gasteiger partial charge in [-0.25, -0.2) is 4.79 Å². The fourth-order valence-electron chi connectivity index (χ4n) is 1.75. The number of amides is 2. The van der Waals surface area contributed by atoms with Gasteiger partial charge in [-0.15, -0.1) is 0 Å². The molecule has 98 valence electrons. The van der Waals surface area contributed by atoms with Gasteiger partial charge < -0.3 is 10.1 Å². The molecule has 0 aliphatic carbocycles. The molecule has 0 unspecified atom stereocenters. The maximum atomic E-state index is 11.5. The van der Waals surface area contributed by atoms with E-state index in [9.17, 15) is 9.59 Å². The topological polar surface area (TPSA) is 58.6 Å². The van der Waals surface area contributed by atoms with Gasteiger partial charge in [0, 0.05) is 6.54 Å². The molecule has 1 heterocycles. The normalized spacial score (nSPS) is 14.9. The number of carbonyl (C=O) groups excluding carboxylic acids is 2. The second-order valence-corrected chi connectivity index (χ2v) is 4.30. The van der Waals surface area contributed by atoms with Crippen LogP contribution in [-0.4, -0.2) is 43.1 Å². The Bertz CT molecular complexity index is 256. The Balaban J connectivity index is 1.99. The van der Waals surface area contributed by atoms with Crippen molar-refractivity contribution in [1.82, 2.24) is 10.2 Å². The molecule has 0 aromatic rings. The SMILES string of the molecule is CCCCCCCNC(=O)CN1CCOC1=O. The zero-order valence-corrected chi connectivity index (χ0v) is 10.5. The molecule has 1 saturated heterocycles. The van der Waals surface area contributed by atoms with Crippen molar-refractivity contribution in [2.45, 2.75) is 39.0 Å². The van der Waals surface area contributed by atoms with Gasteiger partial charge in [0.1, 0.15) is 13.2 Å². The molecular formula is C12H22N2O3. The molecule has 1 aliphatic heterocycles. The molecule has 1 aliphatic rings. The van der Waals surface area contributed by atoms with Gasteiger partial charge in [-0.2, -0.15) is 0 Å². The van der Waals surface area contributed by atoms with Crippen molar-refractivity contribution in [2.75, 3.05) is 26.2 Å². The highest BCUT2D eigenvalue weighted by atomic mass is 16.6. The average molecular weight is 242 g/mol. The fourth-order valence-corrected chi connectivity index (χ4v) is 1.75. The first-order valence-corrected chi connectivity index (χ1v) is 6.42. The zero-order chi connectivity index (χ0) is 12.5. The van der Waals surface area contributed by atoms with Crippen LogP contribution < -0.4 is 5.32 Å². The van der Waals surface area contributed by atoms with E-state index in [1.807, 2.05) is 0 Å². The second-order valence-electron chi connectivity index (χ2n) is 4.30. The standard InChI is InChI=1S/C12H22N2O3/c1-2-3-4-5-6-7-13-11(15)10-14-8-9-17-12(14)16/h2-10H2,1H3,(H,13,15). The number of nitrogens with zero attached hydrogens (tertiary/aromatic N) is 1. The summed E-state index contributed by atoms with van der Waals surface area (Å²) >= 11 is 0. The summed E-state index contributed by atoms with van der Waals surface area (Å²) in [5, 5.41) is 2.82. The third kappa shape index (κ3) is 5.56. The Morgan fingerprint density at radius 3 is 2.76 bits per heavy atom. The molecule has 1 N–H and O–H groups in total. The van der Waals surface area contributed by atoms with Gasteiger partial charge in [0.05, 0.1) is 6.54 Å². The first-order chi connectivity index (χ1) is 8.24. The summed E-state index contributed by atoms with van der Waals surface area (Å²) in [7, 11) is 0. The maximum absolute atomic E-state index is 11.5. The third-order valence-corrected chi connectivity index (χ3v) is 2.78. The van der Waals surface area contributed by atoms with Crippen LogP contribution in [0, 0.1) is 0 Å². The molecule has 0 saturated carbocycles. The van der Waals surface area contributed by atoms with Gasteiger partial charge in [0.25, 0.3) is 0 Å². The van der Waals surface area contributed by atoms with Crippen LogP contribution in [0.1, 0.15) is 39.0 Å². The number of ether oxygens (including phenoxy) is 1.